The maximum absolute atomic E-state index is 13.9. The van der Waals surface area contributed by atoms with E-state index in [0.29, 0.717) is 11.3 Å². The molecule has 4 rings (SSSR count). The average Bonchev–Trinajstić information content (AvgIpc) is 3.62. The highest BCUT2D eigenvalue weighted by Gasteiger charge is 2.37. The van der Waals surface area contributed by atoms with Crippen LogP contribution >= 0.6 is 11.5 Å². The third-order valence-corrected chi connectivity index (χ3v) is 6.95. The topological polar surface area (TPSA) is 174 Å². The number of ether oxygens (including phenoxy) is 1. The van der Waals surface area contributed by atoms with Crippen molar-refractivity contribution in [2.75, 3.05) is 12.8 Å². The van der Waals surface area contributed by atoms with Gasteiger partial charge in [-0.25, -0.2) is 0 Å². The summed E-state index contributed by atoms with van der Waals surface area (Å²) in [6.45, 7) is -0.0823. The zero-order valence-corrected chi connectivity index (χ0v) is 20.4. The molecule has 0 radical (unpaired) electrons. The number of nitrogen functional groups attached to an aromatic ring is 1. The molecule has 1 fully saturated rings. The Morgan fingerprint density at radius 1 is 1.31 bits per heavy atom. The number of aromatic nitrogens is 1. The molecule has 1 saturated carbocycles. The minimum absolute atomic E-state index is 0.0190. The van der Waals surface area contributed by atoms with Crippen molar-refractivity contribution in [1.82, 2.24) is 14.6 Å². The third-order valence-electron chi connectivity index (χ3n) is 6.10. The van der Waals surface area contributed by atoms with E-state index in [9.17, 15) is 19.5 Å². The summed E-state index contributed by atoms with van der Waals surface area (Å²) in [6.07, 6.45) is 5.15. The molecule has 2 heterocycles. The minimum Gasteiger partial charge on any atom is -0.504 e. The molecule has 12 heteroatoms. The molecule has 1 atom stereocenters. The maximum atomic E-state index is 13.9. The second-order valence-electron chi connectivity index (χ2n) is 8.47. The summed E-state index contributed by atoms with van der Waals surface area (Å²) in [5.41, 5.74) is 11.4. The summed E-state index contributed by atoms with van der Waals surface area (Å²) in [7, 11) is 1.39. The van der Waals surface area contributed by atoms with Gasteiger partial charge in [-0.15, -0.1) is 0 Å². The third kappa shape index (κ3) is 5.13. The molecule has 0 saturated heterocycles. The van der Waals surface area contributed by atoms with Crippen LogP contribution in [0, 0.1) is 0 Å². The lowest BCUT2D eigenvalue weighted by molar-refractivity contribution is -0.126. The lowest BCUT2D eigenvalue weighted by atomic mass is 10.0. The van der Waals surface area contributed by atoms with Gasteiger partial charge in [0.15, 0.2) is 17.2 Å². The van der Waals surface area contributed by atoms with Crippen molar-refractivity contribution in [2.45, 2.75) is 44.3 Å². The fourth-order valence-electron chi connectivity index (χ4n) is 4.30. The van der Waals surface area contributed by atoms with Crippen LogP contribution in [0.25, 0.3) is 0 Å². The predicted octanol–water partition coefficient (Wildman–Crippen LogP) is 2.57. The molecule has 1 aliphatic rings. The number of furan rings is 1. The van der Waals surface area contributed by atoms with Crippen LogP contribution in [0.4, 0.5) is 5.69 Å². The molecular weight excluding hydrogens is 486 g/mol. The Kier molecular flexibility index (Phi) is 7.44. The van der Waals surface area contributed by atoms with Crippen LogP contribution in [-0.4, -0.2) is 45.3 Å². The fraction of sp³-hybridized carbons (Fsp3) is 0.333. The summed E-state index contributed by atoms with van der Waals surface area (Å²) in [5, 5.41) is 13.2. The van der Waals surface area contributed by atoms with Gasteiger partial charge in [0.05, 0.1) is 25.6 Å². The van der Waals surface area contributed by atoms with Crippen molar-refractivity contribution in [3.63, 3.8) is 0 Å². The number of carbonyl (C=O) groups is 3. The quantitative estimate of drug-likeness (QED) is 0.338. The summed E-state index contributed by atoms with van der Waals surface area (Å²) >= 11 is 0.727. The molecule has 0 aliphatic heterocycles. The molecule has 0 bridgehead atoms. The molecule has 1 aliphatic carbocycles. The highest BCUT2D eigenvalue weighted by molar-refractivity contribution is 7.09. The van der Waals surface area contributed by atoms with E-state index in [2.05, 4.69) is 9.69 Å². The van der Waals surface area contributed by atoms with Gasteiger partial charge in [-0.3, -0.25) is 14.4 Å². The number of hydrogen-bond donors (Lipinski definition) is 4. The van der Waals surface area contributed by atoms with Gasteiger partial charge in [0.25, 0.3) is 11.8 Å². The van der Waals surface area contributed by atoms with E-state index in [1.54, 1.807) is 18.2 Å². The Morgan fingerprint density at radius 2 is 2.06 bits per heavy atom. The molecule has 36 heavy (non-hydrogen) atoms. The largest absolute Gasteiger partial charge is 0.504 e. The van der Waals surface area contributed by atoms with Crippen molar-refractivity contribution >= 4 is 34.9 Å². The van der Waals surface area contributed by atoms with Crippen molar-refractivity contribution < 1.29 is 28.6 Å². The summed E-state index contributed by atoms with van der Waals surface area (Å²) in [4.78, 5) is 40.6. The van der Waals surface area contributed by atoms with Crippen molar-refractivity contribution in [3.05, 3.63) is 58.5 Å². The Balaban J connectivity index is 1.81. The van der Waals surface area contributed by atoms with Crippen molar-refractivity contribution in [3.8, 4) is 11.5 Å². The molecule has 1 unspecified atom stereocenters. The van der Waals surface area contributed by atoms with E-state index in [1.807, 2.05) is 0 Å². The number of methoxy groups -OCH3 is 1. The van der Waals surface area contributed by atoms with Crippen molar-refractivity contribution in [2.24, 2.45) is 5.73 Å². The highest BCUT2D eigenvalue weighted by Crippen LogP contribution is 2.35. The SMILES string of the molecule is COc1cc(C(C(=O)NC2CCCC2)N(Cc2ccco2)C(=O)c2snc(C(N)=O)c2N)ccc1O. The smallest absolute Gasteiger partial charge is 0.270 e. The molecular formula is C24H27N5O6S. The summed E-state index contributed by atoms with van der Waals surface area (Å²) < 4.78 is 14.7. The van der Waals surface area contributed by atoms with E-state index in [1.165, 1.54) is 30.4 Å². The van der Waals surface area contributed by atoms with E-state index in [-0.39, 0.29) is 40.3 Å². The van der Waals surface area contributed by atoms with E-state index in [4.69, 9.17) is 20.6 Å². The molecule has 3 aromatic rings. The number of nitrogens with zero attached hydrogens (tertiary/aromatic N) is 2. The number of nitrogens with two attached hydrogens (primary N) is 2. The van der Waals surface area contributed by atoms with Gasteiger partial charge in [0.2, 0.25) is 5.91 Å². The number of hydrogen-bond acceptors (Lipinski definition) is 9. The normalized spacial score (nSPS) is 14.4. The van der Waals surface area contributed by atoms with Crippen LogP contribution in [-0.2, 0) is 11.3 Å². The van der Waals surface area contributed by atoms with Gasteiger partial charge >= 0.3 is 0 Å². The highest BCUT2D eigenvalue weighted by atomic mass is 32.1. The summed E-state index contributed by atoms with van der Waals surface area (Å²) in [6, 6.07) is 6.62. The van der Waals surface area contributed by atoms with Gasteiger partial charge < -0.3 is 35.9 Å². The maximum Gasteiger partial charge on any atom is 0.270 e. The molecule has 0 spiro atoms. The molecule has 6 N–H and O–H groups in total. The van der Waals surface area contributed by atoms with Gasteiger partial charge in [-0.05, 0) is 54.2 Å². The van der Waals surface area contributed by atoms with Crippen LogP contribution in [0.5, 0.6) is 11.5 Å². The molecule has 11 nitrogen and oxygen atoms in total. The van der Waals surface area contributed by atoms with Crippen LogP contribution in [0.3, 0.4) is 0 Å². The number of phenols is 1. The fourth-order valence-corrected chi connectivity index (χ4v) is 5.06. The second kappa shape index (κ2) is 10.7. The predicted molar refractivity (Wildman–Crippen MR) is 131 cm³/mol. The number of primary amides is 1. The Hall–Kier alpha value is -4.06. The summed E-state index contributed by atoms with van der Waals surface area (Å²) in [5.74, 6) is -1.45. The first-order valence-electron chi connectivity index (χ1n) is 11.4. The van der Waals surface area contributed by atoms with E-state index < -0.39 is 23.8 Å². The number of nitrogens with one attached hydrogen (secondary N) is 1. The van der Waals surface area contributed by atoms with Crippen LogP contribution in [0.15, 0.2) is 41.0 Å². The first-order chi connectivity index (χ1) is 17.3. The van der Waals surface area contributed by atoms with Crippen LogP contribution in [0.2, 0.25) is 0 Å². The first kappa shape index (κ1) is 25.0. The zero-order valence-electron chi connectivity index (χ0n) is 19.6. The lowest BCUT2D eigenvalue weighted by Gasteiger charge is -2.31. The number of aromatic hydroxyl groups is 1. The van der Waals surface area contributed by atoms with E-state index in [0.717, 1.165) is 37.2 Å². The standard InChI is InChI=1S/C24H27N5O6S/c1-34-17-11-13(8-9-16(17)30)20(23(32)27-14-5-2-3-6-14)29(12-15-7-4-10-35-15)24(33)21-18(25)19(22(26)31)28-36-21/h4,7-11,14,20,30H,2-3,5-6,12,25H2,1H3,(H2,26,31)(H,27,32). The second-order valence-corrected chi connectivity index (χ2v) is 9.25. The number of carbonyl (C=O) groups excluding carboxylic acids is 3. The van der Waals surface area contributed by atoms with Gasteiger partial charge in [-0.2, -0.15) is 4.37 Å². The molecule has 3 amide bonds. The number of phenolic OH excluding ortho intramolecular Hbond substituents is 1. The van der Waals surface area contributed by atoms with Crippen LogP contribution < -0.4 is 21.5 Å². The molecule has 1 aromatic carbocycles. The monoisotopic (exact) mass is 513 g/mol. The first-order valence-corrected chi connectivity index (χ1v) is 12.1. The number of amides is 3. The zero-order chi connectivity index (χ0) is 25.8. The van der Waals surface area contributed by atoms with Crippen molar-refractivity contribution in [1.29, 1.82) is 0 Å². The molecule has 2 aromatic heterocycles. The average molecular weight is 514 g/mol. The van der Waals surface area contributed by atoms with Gasteiger partial charge in [0, 0.05) is 6.04 Å². The van der Waals surface area contributed by atoms with Gasteiger partial charge in [-0.1, -0.05) is 18.9 Å². The number of benzene rings is 1. The van der Waals surface area contributed by atoms with Crippen LogP contribution in [0.1, 0.15) is 63.2 Å². The number of rotatable bonds is 9. The number of anilines is 1. The van der Waals surface area contributed by atoms with E-state index >= 15 is 0 Å². The Bertz CT molecular complexity index is 1250. The van der Waals surface area contributed by atoms with Gasteiger partial charge in [0.1, 0.15) is 16.7 Å². The molecule has 190 valence electrons. The minimum atomic E-state index is -1.14. The Morgan fingerprint density at radius 3 is 2.67 bits per heavy atom. The Labute approximate surface area is 211 Å². The lowest BCUT2D eigenvalue weighted by Crippen LogP contribution is -2.45.